The maximum absolute atomic E-state index is 13.8. The Balaban J connectivity index is 2.20. The summed E-state index contributed by atoms with van der Waals surface area (Å²) in [6.45, 7) is 3.24. The van der Waals surface area contributed by atoms with Crippen LogP contribution in [0, 0.1) is 13.8 Å². The quantitative estimate of drug-likeness (QED) is 0.423. The van der Waals surface area contributed by atoms with Crippen molar-refractivity contribution in [2.24, 2.45) is 0 Å². The van der Waals surface area contributed by atoms with Crippen LogP contribution in [0.5, 0.6) is 0 Å². The second-order valence-corrected chi connectivity index (χ2v) is 8.28. The third kappa shape index (κ3) is 4.07. The maximum Gasteiger partial charge on any atom is 0.417 e. The van der Waals surface area contributed by atoms with Gasteiger partial charge in [-0.1, -0.05) is 17.7 Å². The zero-order valence-electron chi connectivity index (χ0n) is 15.7. The van der Waals surface area contributed by atoms with Crippen LogP contribution in [0.2, 0.25) is 0 Å². The summed E-state index contributed by atoms with van der Waals surface area (Å²) in [6, 6.07) is 8.22. The first-order valence-corrected chi connectivity index (χ1v) is 9.97. The summed E-state index contributed by atoms with van der Waals surface area (Å²) in [6.07, 6.45) is -4.26. The summed E-state index contributed by atoms with van der Waals surface area (Å²) in [7, 11) is -4.07. The van der Waals surface area contributed by atoms with Crippen molar-refractivity contribution in [3.8, 4) is 0 Å². The van der Waals surface area contributed by atoms with Gasteiger partial charge in [-0.15, -0.1) is 0 Å². The van der Waals surface area contributed by atoms with Crippen LogP contribution in [0.15, 0.2) is 47.5 Å². The number of sulfonamides is 1. The highest BCUT2D eigenvalue weighted by molar-refractivity contribution is 7.92. The number of nitrogens with zero attached hydrogens (tertiary/aromatic N) is 1. The maximum atomic E-state index is 13.8. The summed E-state index contributed by atoms with van der Waals surface area (Å²) in [4.78, 5) is 15.5. The lowest BCUT2D eigenvalue weighted by Crippen LogP contribution is -2.24. The highest BCUT2D eigenvalue weighted by Crippen LogP contribution is 2.39. The Morgan fingerprint density at radius 1 is 1.10 bits per heavy atom. The number of amides is 1. The zero-order chi connectivity index (χ0) is 22.3. The molecule has 7 nitrogen and oxygen atoms in total. The van der Waals surface area contributed by atoms with E-state index in [1.165, 1.54) is 25.1 Å². The molecule has 0 bridgehead atoms. The van der Waals surface area contributed by atoms with E-state index >= 15 is 0 Å². The summed E-state index contributed by atoms with van der Waals surface area (Å²) >= 11 is 0. The monoisotopic (exact) mass is 439 g/mol. The van der Waals surface area contributed by atoms with Gasteiger partial charge in [0.05, 0.1) is 21.5 Å². The number of halogens is 3. The van der Waals surface area contributed by atoms with E-state index in [9.17, 15) is 26.4 Å². The van der Waals surface area contributed by atoms with E-state index in [2.05, 4.69) is 9.71 Å². The number of aryl methyl sites for hydroxylation is 2. The molecule has 0 aliphatic heterocycles. The van der Waals surface area contributed by atoms with Crippen molar-refractivity contribution in [3.05, 3.63) is 64.8 Å². The summed E-state index contributed by atoms with van der Waals surface area (Å²) < 4.78 is 68.7. The van der Waals surface area contributed by atoms with Crippen molar-refractivity contribution in [1.82, 2.24) is 10.5 Å². The second-order valence-electron chi connectivity index (χ2n) is 6.59. The molecule has 0 atom stereocenters. The Bertz CT molecular complexity index is 1240. The smallest absolute Gasteiger partial charge is 0.288 e. The van der Waals surface area contributed by atoms with Crippen LogP contribution in [0.1, 0.15) is 27.0 Å². The van der Waals surface area contributed by atoms with Crippen molar-refractivity contribution < 1.29 is 31.6 Å². The number of rotatable bonds is 4. The topological polar surface area (TPSA) is 108 Å². The molecule has 0 saturated carbocycles. The fraction of sp³-hybridized carbons (Fsp3) is 0.158. The van der Waals surface area contributed by atoms with Crippen LogP contribution < -0.4 is 10.2 Å². The number of aromatic nitrogens is 1. The molecule has 30 heavy (non-hydrogen) atoms. The zero-order valence-corrected chi connectivity index (χ0v) is 16.5. The Hall–Kier alpha value is -3.18. The average molecular weight is 439 g/mol. The fourth-order valence-corrected chi connectivity index (χ4v) is 4.05. The Labute approximate surface area is 169 Å². The van der Waals surface area contributed by atoms with E-state index in [-0.39, 0.29) is 21.7 Å². The normalized spacial score (nSPS) is 12.1. The van der Waals surface area contributed by atoms with Crippen molar-refractivity contribution in [1.29, 1.82) is 0 Å². The lowest BCUT2D eigenvalue weighted by Gasteiger charge is -2.17. The number of alkyl halides is 3. The SMILES string of the molecule is Cc1ccc(S(=O)(=O)Nc2cc(C)c3ncc(C(=O)NO)c(C(F)(F)F)c3c2)cc1. The molecule has 0 aliphatic carbocycles. The Kier molecular flexibility index (Phi) is 5.44. The summed E-state index contributed by atoms with van der Waals surface area (Å²) in [5, 5.41) is 8.29. The fourth-order valence-electron chi connectivity index (χ4n) is 3.01. The van der Waals surface area contributed by atoms with Gasteiger partial charge in [0.1, 0.15) is 0 Å². The molecule has 0 saturated heterocycles. The summed E-state index contributed by atoms with van der Waals surface area (Å²) in [5.41, 5.74) is -0.158. The van der Waals surface area contributed by atoms with Gasteiger partial charge in [0.15, 0.2) is 0 Å². The predicted molar refractivity (Wildman–Crippen MR) is 103 cm³/mol. The molecule has 0 fully saturated rings. The van der Waals surface area contributed by atoms with Crippen LogP contribution in [-0.4, -0.2) is 24.5 Å². The van der Waals surface area contributed by atoms with Gasteiger partial charge in [-0.2, -0.15) is 13.2 Å². The van der Waals surface area contributed by atoms with Crippen LogP contribution in [-0.2, 0) is 16.2 Å². The van der Waals surface area contributed by atoms with Crippen LogP contribution >= 0.6 is 0 Å². The first-order chi connectivity index (χ1) is 13.9. The minimum absolute atomic E-state index is 0.0601. The number of benzene rings is 2. The number of anilines is 1. The summed E-state index contributed by atoms with van der Waals surface area (Å²) in [5.74, 6) is -1.39. The van der Waals surface area contributed by atoms with Crippen molar-refractivity contribution in [2.45, 2.75) is 24.9 Å². The molecular formula is C19H16F3N3O4S. The molecule has 3 N–H and O–H groups in total. The molecule has 0 aliphatic rings. The number of carbonyl (C=O) groups is 1. The van der Waals surface area contributed by atoms with E-state index in [0.29, 0.717) is 6.20 Å². The van der Waals surface area contributed by atoms with E-state index < -0.39 is 38.6 Å². The highest BCUT2D eigenvalue weighted by Gasteiger charge is 2.38. The van der Waals surface area contributed by atoms with E-state index in [0.717, 1.165) is 17.1 Å². The molecule has 3 aromatic rings. The van der Waals surface area contributed by atoms with Crippen LogP contribution in [0.25, 0.3) is 10.9 Å². The minimum Gasteiger partial charge on any atom is -0.288 e. The van der Waals surface area contributed by atoms with Crippen molar-refractivity contribution >= 4 is 32.5 Å². The molecule has 0 radical (unpaired) electrons. The van der Waals surface area contributed by atoms with Gasteiger partial charge in [-0.25, -0.2) is 13.9 Å². The number of fused-ring (bicyclic) bond motifs is 1. The first kappa shape index (κ1) is 21.5. The molecule has 158 valence electrons. The molecule has 3 rings (SSSR count). The third-order valence-corrected chi connectivity index (χ3v) is 5.77. The number of nitrogens with one attached hydrogen (secondary N) is 2. The Morgan fingerprint density at radius 3 is 2.30 bits per heavy atom. The molecular weight excluding hydrogens is 423 g/mol. The van der Waals surface area contributed by atoms with Crippen molar-refractivity contribution in [2.75, 3.05) is 4.72 Å². The molecule has 11 heteroatoms. The molecule has 1 aromatic heterocycles. The lowest BCUT2D eigenvalue weighted by molar-refractivity contribution is -0.136. The first-order valence-electron chi connectivity index (χ1n) is 8.48. The molecule has 0 unspecified atom stereocenters. The standard InChI is InChI=1S/C19H16F3N3O4S/c1-10-3-5-13(6-4-10)30(28,29)25-12-7-11(2)17-14(8-12)16(19(20,21)22)15(9-23-17)18(26)24-27/h3-9,25,27H,1-2H3,(H,24,26). The average Bonchev–Trinajstić information content (AvgIpc) is 2.65. The number of pyridine rings is 1. The predicted octanol–water partition coefficient (Wildman–Crippen LogP) is 3.79. The van der Waals surface area contributed by atoms with Gasteiger partial charge >= 0.3 is 6.18 Å². The number of carbonyl (C=O) groups excluding carboxylic acids is 1. The van der Waals surface area contributed by atoms with E-state index in [4.69, 9.17) is 5.21 Å². The van der Waals surface area contributed by atoms with E-state index in [1.807, 2.05) is 0 Å². The van der Waals surface area contributed by atoms with Crippen LogP contribution in [0.3, 0.4) is 0 Å². The molecule has 1 heterocycles. The van der Waals surface area contributed by atoms with Crippen LogP contribution in [0.4, 0.5) is 18.9 Å². The van der Waals surface area contributed by atoms with Gasteiger partial charge < -0.3 is 0 Å². The Morgan fingerprint density at radius 2 is 1.73 bits per heavy atom. The molecule has 0 spiro atoms. The lowest BCUT2D eigenvalue weighted by atomic mass is 10.00. The van der Waals surface area contributed by atoms with Gasteiger partial charge in [0.2, 0.25) is 0 Å². The number of hydrogen-bond donors (Lipinski definition) is 3. The second kappa shape index (κ2) is 7.58. The number of hydrogen-bond acceptors (Lipinski definition) is 5. The van der Waals surface area contributed by atoms with Gasteiger partial charge in [0.25, 0.3) is 15.9 Å². The minimum atomic E-state index is -4.97. The van der Waals surface area contributed by atoms with Gasteiger partial charge in [0, 0.05) is 17.3 Å². The van der Waals surface area contributed by atoms with E-state index in [1.54, 1.807) is 19.1 Å². The van der Waals surface area contributed by atoms with Crippen molar-refractivity contribution in [3.63, 3.8) is 0 Å². The number of hydroxylamine groups is 1. The third-order valence-electron chi connectivity index (χ3n) is 4.38. The molecule has 2 aromatic carbocycles. The largest absolute Gasteiger partial charge is 0.417 e. The van der Waals surface area contributed by atoms with Gasteiger partial charge in [-0.3, -0.25) is 19.7 Å². The highest BCUT2D eigenvalue weighted by atomic mass is 32.2. The molecule has 1 amide bonds. The van der Waals surface area contributed by atoms with Gasteiger partial charge in [-0.05, 0) is 43.7 Å².